The van der Waals surface area contributed by atoms with Crippen molar-refractivity contribution in [2.24, 2.45) is 0 Å². The fourth-order valence-electron chi connectivity index (χ4n) is 2.88. The lowest BCUT2D eigenvalue weighted by Crippen LogP contribution is -2.47. The Bertz CT molecular complexity index is 537. The number of aliphatic hydroxyl groups excluding tert-OH is 1. The first-order valence-corrected chi connectivity index (χ1v) is 13.6. The maximum atomic E-state index is 9.39. The van der Waals surface area contributed by atoms with Gasteiger partial charge in [0.25, 0.3) is 0 Å². The highest BCUT2D eigenvalue weighted by atomic mass is 28.4. The van der Waals surface area contributed by atoms with Crippen molar-refractivity contribution in [1.29, 1.82) is 0 Å². The number of hydrogen-bond donors (Lipinski definition) is 1. The highest BCUT2D eigenvalue weighted by Crippen LogP contribution is 2.38. The van der Waals surface area contributed by atoms with Crippen molar-refractivity contribution in [3.8, 4) is 5.75 Å². The van der Waals surface area contributed by atoms with Crippen LogP contribution < -0.4 is 4.74 Å². The zero-order chi connectivity index (χ0) is 21.2. The fraction of sp³-hybridized carbons (Fsp3) is 0.739. The molecule has 28 heavy (non-hydrogen) atoms. The second-order valence-corrected chi connectivity index (χ2v) is 13.9. The van der Waals surface area contributed by atoms with E-state index in [1.54, 1.807) is 7.11 Å². The van der Waals surface area contributed by atoms with Gasteiger partial charge in [-0.1, -0.05) is 52.7 Å². The molecule has 0 bridgehead atoms. The summed E-state index contributed by atoms with van der Waals surface area (Å²) in [5, 5.41) is 9.54. The molecule has 1 N–H and O–H groups in total. The lowest BCUT2D eigenvalue weighted by atomic mass is 10.0. The average molecular weight is 411 g/mol. The molecule has 162 valence electrons. The fourth-order valence-corrected chi connectivity index (χ4v) is 4.26. The summed E-state index contributed by atoms with van der Waals surface area (Å²) in [7, 11) is -0.242. The Hall–Kier alpha value is -0.883. The minimum absolute atomic E-state index is 0.0258. The van der Waals surface area contributed by atoms with Crippen LogP contribution in [0.5, 0.6) is 5.75 Å². The molecule has 0 amide bonds. The molecule has 2 atom stereocenters. The summed E-state index contributed by atoms with van der Waals surface area (Å²) in [4.78, 5) is 0. The van der Waals surface area contributed by atoms with Crippen molar-refractivity contribution < 1.29 is 19.0 Å². The summed E-state index contributed by atoms with van der Waals surface area (Å²) in [6.45, 7) is 14.3. The largest absolute Gasteiger partial charge is 0.497 e. The van der Waals surface area contributed by atoms with Crippen LogP contribution in [0.15, 0.2) is 24.3 Å². The normalized spacial score (nSPS) is 14.7. The Morgan fingerprint density at radius 1 is 1.00 bits per heavy atom. The van der Waals surface area contributed by atoms with Crippen LogP contribution in [0, 0.1) is 0 Å². The molecule has 0 saturated heterocycles. The number of hydrogen-bond acceptors (Lipinski definition) is 4. The van der Waals surface area contributed by atoms with Crippen LogP contribution >= 0.6 is 0 Å². The number of benzene rings is 1. The first-order chi connectivity index (χ1) is 13.1. The molecule has 0 heterocycles. The van der Waals surface area contributed by atoms with E-state index in [1.807, 2.05) is 24.3 Å². The molecule has 1 aromatic rings. The number of unbranched alkanes of at least 4 members (excludes halogenated alkanes) is 1. The molecule has 0 radical (unpaired) electrons. The Morgan fingerprint density at radius 3 is 2.11 bits per heavy atom. The Balaban J connectivity index is 2.91. The van der Waals surface area contributed by atoms with Gasteiger partial charge in [0.15, 0.2) is 8.32 Å². The van der Waals surface area contributed by atoms with E-state index in [2.05, 4.69) is 40.8 Å². The van der Waals surface area contributed by atoms with Crippen molar-refractivity contribution in [2.45, 2.75) is 96.7 Å². The molecule has 0 fully saturated rings. The molecule has 1 rings (SSSR count). The number of rotatable bonds is 13. The second-order valence-electron chi connectivity index (χ2n) is 9.12. The van der Waals surface area contributed by atoms with Crippen LogP contribution in [0.1, 0.15) is 65.4 Å². The van der Waals surface area contributed by atoms with Gasteiger partial charge in [-0.25, -0.2) is 0 Å². The van der Waals surface area contributed by atoms with Gasteiger partial charge in [-0.3, -0.25) is 0 Å². The lowest BCUT2D eigenvalue weighted by molar-refractivity contribution is -0.0493. The van der Waals surface area contributed by atoms with E-state index in [-0.39, 0.29) is 23.9 Å². The van der Waals surface area contributed by atoms with Crippen molar-refractivity contribution in [2.75, 3.05) is 13.7 Å². The summed E-state index contributed by atoms with van der Waals surface area (Å²) >= 11 is 0. The summed E-state index contributed by atoms with van der Waals surface area (Å²) in [6, 6.07) is 8.03. The van der Waals surface area contributed by atoms with E-state index >= 15 is 0 Å². The van der Waals surface area contributed by atoms with Gasteiger partial charge in [0, 0.05) is 6.61 Å². The van der Waals surface area contributed by atoms with E-state index in [9.17, 15) is 5.11 Å². The van der Waals surface area contributed by atoms with Gasteiger partial charge in [-0.2, -0.15) is 0 Å². The van der Waals surface area contributed by atoms with E-state index in [1.165, 1.54) is 0 Å². The predicted octanol–water partition coefficient (Wildman–Crippen LogP) is 5.93. The Labute approximate surface area is 173 Å². The summed E-state index contributed by atoms with van der Waals surface area (Å²) in [6.07, 6.45) is 4.88. The molecule has 0 aromatic heterocycles. The third kappa shape index (κ3) is 8.24. The topological polar surface area (TPSA) is 47.9 Å². The van der Waals surface area contributed by atoms with Gasteiger partial charge in [-0.05, 0) is 55.1 Å². The maximum Gasteiger partial charge on any atom is 0.192 e. The van der Waals surface area contributed by atoms with E-state index in [4.69, 9.17) is 13.9 Å². The summed E-state index contributed by atoms with van der Waals surface area (Å²) < 4.78 is 18.4. The summed E-state index contributed by atoms with van der Waals surface area (Å²) in [5.41, 5.74) is 1.13. The predicted molar refractivity (Wildman–Crippen MR) is 119 cm³/mol. The minimum Gasteiger partial charge on any atom is -0.497 e. The van der Waals surface area contributed by atoms with Crippen molar-refractivity contribution in [3.05, 3.63) is 29.8 Å². The molecule has 0 saturated carbocycles. The first kappa shape index (κ1) is 25.2. The first-order valence-electron chi connectivity index (χ1n) is 10.7. The molecule has 0 aliphatic carbocycles. The highest BCUT2D eigenvalue weighted by molar-refractivity contribution is 6.74. The molecule has 5 heteroatoms. The molecule has 0 aliphatic rings. The molecule has 4 nitrogen and oxygen atoms in total. The standard InChI is InChI=1S/C23H42O4Si/c1-8-9-11-21(26-18-19-13-15-20(25-5)16-14-19)22(12-10-17-24)27-28(6,7)23(2,3)4/h13-16,21-22,24H,8-12,17-18H2,1-7H3/t21-,22-/m1/s1. The highest BCUT2D eigenvalue weighted by Gasteiger charge is 2.40. The van der Waals surface area contributed by atoms with Crippen molar-refractivity contribution in [3.63, 3.8) is 0 Å². The van der Waals surface area contributed by atoms with E-state index < -0.39 is 8.32 Å². The molecule has 0 unspecified atom stereocenters. The van der Waals surface area contributed by atoms with Crippen LogP contribution in [0.4, 0.5) is 0 Å². The van der Waals surface area contributed by atoms with Gasteiger partial charge in [0.05, 0.1) is 25.9 Å². The SMILES string of the molecule is CCCC[C@@H](OCc1ccc(OC)cc1)[C@@H](CCCO)O[Si](C)(C)C(C)(C)C. The molecule has 0 aliphatic heterocycles. The smallest absolute Gasteiger partial charge is 0.192 e. The molecule has 0 spiro atoms. The number of ether oxygens (including phenoxy) is 2. The van der Waals surface area contributed by atoms with Crippen LogP contribution in [-0.4, -0.2) is 39.3 Å². The van der Waals surface area contributed by atoms with Crippen molar-refractivity contribution >= 4 is 8.32 Å². The third-order valence-corrected chi connectivity index (χ3v) is 10.3. The van der Waals surface area contributed by atoms with Gasteiger partial charge in [-0.15, -0.1) is 0 Å². The van der Waals surface area contributed by atoms with Crippen LogP contribution in [0.3, 0.4) is 0 Å². The number of methoxy groups -OCH3 is 1. The molecular weight excluding hydrogens is 368 g/mol. The lowest BCUT2D eigenvalue weighted by Gasteiger charge is -2.41. The zero-order valence-electron chi connectivity index (χ0n) is 19.1. The molecular formula is C23H42O4Si. The van der Waals surface area contributed by atoms with Gasteiger partial charge < -0.3 is 19.0 Å². The maximum absolute atomic E-state index is 9.39. The van der Waals surface area contributed by atoms with Gasteiger partial charge >= 0.3 is 0 Å². The van der Waals surface area contributed by atoms with Crippen LogP contribution in [0.2, 0.25) is 18.1 Å². The minimum atomic E-state index is -1.92. The zero-order valence-corrected chi connectivity index (χ0v) is 20.1. The van der Waals surface area contributed by atoms with E-state index in [0.717, 1.165) is 43.4 Å². The monoisotopic (exact) mass is 410 g/mol. The van der Waals surface area contributed by atoms with Gasteiger partial charge in [0.2, 0.25) is 0 Å². The third-order valence-electron chi connectivity index (χ3n) is 5.78. The summed E-state index contributed by atoms with van der Waals surface area (Å²) in [5.74, 6) is 0.855. The molecule has 1 aromatic carbocycles. The quantitative estimate of drug-likeness (QED) is 0.409. The Morgan fingerprint density at radius 2 is 1.61 bits per heavy atom. The van der Waals surface area contributed by atoms with Crippen molar-refractivity contribution in [1.82, 2.24) is 0 Å². The van der Waals surface area contributed by atoms with E-state index in [0.29, 0.717) is 6.61 Å². The van der Waals surface area contributed by atoms with Crippen LogP contribution in [-0.2, 0) is 15.8 Å². The Kier molecular flexibility index (Phi) is 10.7. The number of aliphatic hydroxyl groups is 1. The van der Waals surface area contributed by atoms with Crippen LogP contribution in [0.25, 0.3) is 0 Å². The van der Waals surface area contributed by atoms with Gasteiger partial charge in [0.1, 0.15) is 5.75 Å². The average Bonchev–Trinajstić information content (AvgIpc) is 2.65. The second kappa shape index (κ2) is 12.0.